The Morgan fingerprint density at radius 2 is 1.58 bits per heavy atom. The van der Waals surface area contributed by atoms with Crippen LogP contribution in [-0.4, -0.2) is 67.2 Å². The van der Waals surface area contributed by atoms with Crippen molar-refractivity contribution < 1.29 is 9.53 Å². The average molecular weight is 444 g/mol. The standard InChI is InChI=1S/C26H29N5O2/c1-33-23-9-7-22(8-10-23)29-15-17-31(18-16-29)26(32)21-6-4-5-20(19-21)24-25(28-12-11-27-24)30-13-2-3-14-30/h4-12,19H,2-3,13-18H2,1H3. The lowest BCUT2D eigenvalue weighted by molar-refractivity contribution is 0.0747. The van der Waals surface area contributed by atoms with Crippen LogP contribution in [0.4, 0.5) is 11.5 Å². The lowest BCUT2D eigenvalue weighted by Crippen LogP contribution is -2.48. The molecule has 0 atom stereocenters. The number of aromatic nitrogens is 2. The van der Waals surface area contributed by atoms with Crippen molar-refractivity contribution in [3.8, 4) is 17.0 Å². The summed E-state index contributed by atoms with van der Waals surface area (Å²) in [6.45, 7) is 5.01. The molecule has 2 aliphatic rings. The van der Waals surface area contributed by atoms with Gasteiger partial charge in [-0.15, -0.1) is 0 Å². The second-order valence-corrected chi connectivity index (χ2v) is 8.48. The van der Waals surface area contributed by atoms with E-state index < -0.39 is 0 Å². The van der Waals surface area contributed by atoms with E-state index >= 15 is 0 Å². The smallest absolute Gasteiger partial charge is 0.253 e. The summed E-state index contributed by atoms with van der Waals surface area (Å²) in [5, 5.41) is 0. The predicted molar refractivity (Wildman–Crippen MR) is 130 cm³/mol. The van der Waals surface area contributed by atoms with Crippen molar-refractivity contribution in [1.29, 1.82) is 0 Å². The molecule has 1 aromatic heterocycles. The number of methoxy groups -OCH3 is 1. The predicted octanol–water partition coefficient (Wildman–Crippen LogP) is 3.71. The maximum atomic E-state index is 13.3. The molecule has 1 amide bonds. The zero-order chi connectivity index (χ0) is 22.6. The first-order chi connectivity index (χ1) is 16.2. The summed E-state index contributed by atoms with van der Waals surface area (Å²) in [6, 6.07) is 15.9. The minimum Gasteiger partial charge on any atom is -0.497 e. The van der Waals surface area contributed by atoms with E-state index in [1.807, 2.05) is 41.3 Å². The second kappa shape index (κ2) is 9.48. The highest BCUT2D eigenvalue weighted by molar-refractivity contribution is 5.96. The number of hydrogen-bond acceptors (Lipinski definition) is 6. The number of anilines is 2. The van der Waals surface area contributed by atoms with Crippen LogP contribution in [0.1, 0.15) is 23.2 Å². The fourth-order valence-corrected chi connectivity index (χ4v) is 4.64. The van der Waals surface area contributed by atoms with Crippen LogP contribution in [0, 0.1) is 0 Å². The van der Waals surface area contributed by atoms with E-state index in [1.54, 1.807) is 19.5 Å². The van der Waals surface area contributed by atoms with Crippen molar-refractivity contribution in [3.63, 3.8) is 0 Å². The van der Waals surface area contributed by atoms with E-state index in [9.17, 15) is 4.79 Å². The van der Waals surface area contributed by atoms with E-state index in [2.05, 4.69) is 31.9 Å². The minimum absolute atomic E-state index is 0.0674. The highest BCUT2D eigenvalue weighted by Crippen LogP contribution is 2.30. The Morgan fingerprint density at radius 1 is 0.848 bits per heavy atom. The number of carbonyl (C=O) groups is 1. The fraction of sp³-hybridized carbons (Fsp3) is 0.346. The van der Waals surface area contributed by atoms with Gasteiger partial charge < -0.3 is 19.4 Å². The van der Waals surface area contributed by atoms with Crippen molar-refractivity contribution in [2.24, 2.45) is 0 Å². The molecule has 7 nitrogen and oxygen atoms in total. The summed E-state index contributed by atoms with van der Waals surface area (Å²) in [6.07, 6.45) is 5.82. The fourth-order valence-electron chi connectivity index (χ4n) is 4.64. The van der Waals surface area contributed by atoms with Crippen LogP contribution in [0.3, 0.4) is 0 Å². The zero-order valence-electron chi connectivity index (χ0n) is 19.0. The largest absolute Gasteiger partial charge is 0.497 e. The first kappa shape index (κ1) is 21.2. The molecule has 0 unspecified atom stereocenters. The van der Waals surface area contributed by atoms with Gasteiger partial charge in [0.05, 0.1) is 7.11 Å². The first-order valence-corrected chi connectivity index (χ1v) is 11.6. The molecular formula is C26H29N5O2. The summed E-state index contributed by atoms with van der Waals surface area (Å²) in [4.78, 5) is 29.1. The maximum Gasteiger partial charge on any atom is 0.253 e. The molecule has 0 spiro atoms. The van der Waals surface area contributed by atoms with Crippen molar-refractivity contribution in [1.82, 2.24) is 14.9 Å². The number of amides is 1. The van der Waals surface area contributed by atoms with Crippen molar-refractivity contribution in [3.05, 3.63) is 66.5 Å². The summed E-state index contributed by atoms with van der Waals surface area (Å²) in [5.74, 6) is 1.83. The second-order valence-electron chi connectivity index (χ2n) is 8.48. The van der Waals surface area contributed by atoms with Gasteiger partial charge in [0, 0.05) is 68.5 Å². The molecule has 0 radical (unpaired) electrons. The number of hydrogen-bond donors (Lipinski definition) is 0. The van der Waals surface area contributed by atoms with Gasteiger partial charge in [-0.2, -0.15) is 0 Å². The van der Waals surface area contributed by atoms with E-state index in [0.29, 0.717) is 18.7 Å². The Labute approximate surface area is 194 Å². The lowest BCUT2D eigenvalue weighted by Gasteiger charge is -2.36. The van der Waals surface area contributed by atoms with Gasteiger partial charge in [0.1, 0.15) is 11.4 Å². The summed E-state index contributed by atoms with van der Waals surface area (Å²) >= 11 is 0. The number of ether oxygens (including phenoxy) is 1. The molecule has 5 rings (SSSR count). The molecule has 7 heteroatoms. The molecule has 0 saturated carbocycles. The van der Waals surface area contributed by atoms with Gasteiger partial charge in [0.15, 0.2) is 5.82 Å². The topological polar surface area (TPSA) is 61.8 Å². The molecule has 0 bridgehead atoms. The Balaban J connectivity index is 1.29. The van der Waals surface area contributed by atoms with E-state index in [4.69, 9.17) is 4.74 Å². The highest BCUT2D eigenvalue weighted by atomic mass is 16.5. The summed E-state index contributed by atoms with van der Waals surface area (Å²) in [5.41, 5.74) is 3.64. The SMILES string of the molecule is COc1ccc(N2CCN(C(=O)c3cccc(-c4nccnc4N4CCCC4)c3)CC2)cc1. The van der Waals surface area contributed by atoms with Crippen LogP contribution >= 0.6 is 0 Å². The average Bonchev–Trinajstić information content (AvgIpc) is 3.44. The number of rotatable bonds is 5. The molecule has 2 aromatic carbocycles. The third-order valence-corrected chi connectivity index (χ3v) is 6.47. The van der Waals surface area contributed by atoms with Gasteiger partial charge >= 0.3 is 0 Å². The van der Waals surface area contributed by atoms with E-state index in [-0.39, 0.29) is 5.91 Å². The molecule has 2 saturated heterocycles. The molecule has 2 fully saturated rings. The number of nitrogens with zero attached hydrogens (tertiary/aromatic N) is 5. The van der Waals surface area contributed by atoms with Crippen molar-refractivity contribution in [2.75, 3.05) is 56.2 Å². The Morgan fingerprint density at radius 3 is 2.30 bits per heavy atom. The molecule has 3 heterocycles. The monoisotopic (exact) mass is 443 g/mol. The van der Waals surface area contributed by atoms with Gasteiger partial charge in [-0.1, -0.05) is 12.1 Å². The van der Waals surface area contributed by atoms with Gasteiger partial charge in [-0.25, -0.2) is 4.98 Å². The lowest BCUT2D eigenvalue weighted by atomic mass is 10.1. The van der Waals surface area contributed by atoms with Crippen molar-refractivity contribution >= 4 is 17.4 Å². The van der Waals surface area contributed by atoms with Gasteiger partial charge in [-0.3, -0.25) is 9.78 Å². The molecule has 0 N–H and O–H groups in total. The number of piperazine rings is 1. The van der Waals surface area contributed by atoms with E-state index in [0.717, 1.165) is 54.7 Å². The first-order valence-electron chi connectivity index (χ1n) is 11.6. The molecule has 2 aliphatic heterocycles. The Hall–Kier alpha value is -3.61. The van der Waals surface area contributed by atoms with Crippen LogP contribution in [-0.2, 0) is 0 Å². The molecule has 3 aromatic rings. The van der Waals surface area contributed by atoms with Gasteiger partial charge in [-0.05, 0) is 49.2 Å². The van der Waals surface area contributed by atoms with Crippen LogP contribution in [0.25, 0.3) is 11.3 Å². The quantitative estimate of drug-likeness (QED) is 0.599. The van der Waals surface area contributed by atoms with Crippen LogP contribution < -0.4 is 14.5 Å². The Kier molecular flexibility index (Phi) is 6.11. The molecule has 0 aliphatic carbocycles. The van der Waals surface area contributed by atoms with Gasteiger partial charge in [0.25, 0.3) is 5.91 Å². The molecule has 170 valence electrons. The Bertz CT molecular complexity index is 1100. The van der Waals surface area contributed by atoms with E-state index in [1.165, 1.54) is 12.8 Å². The summed E-state index contributed by atoms with van der Waals surface area (Å²) in [7, 11) is 1.67. The highest BCUT2D eigenvalue weighted by Gasteiger charge is 2.24. The summed E-state index contributed by atoms with van der Waals surface area (Å²) < 4.78 is 5.25. The van der Waals surface area contributed by atoms with Crippen LogP contribution in [0.5, 0.6) is 5.75 Å². The third-order valence-electron chi connectivity index (χ3n) is 6.47. The molecule has 33 heavy (non-hydrogen) atoms. The minimum atomic E-state index is 0.0674. The number of carbonyl (C=O) groups excluding carboxylic acids is 1. The van der Waals surface area contributed by atoms with Crippen LogP contribution in [0.2, 0.25) is 0 Å². The van der Waals surface area contributed by atoms with Crippen molar-refractivity contribution in [2.45, 2.75) is 12.8 Å². The molecular weight excluding hydrogens is 414 g/mol. The van der Waals surface area contributed by atoms with Gasteiger partial charge in [0.2, 0.25) is 0 Å². The zero-order valence-corrected chi connectivity index (χ0v) is 19.0. The number of benzene rings is 2. The normalized spacial score (nSPS) is 16.2. The third kappa shape index (κ3) is 4.49. The maximum absolute atomic E-state index is 13.3. The van der Waals surface area contributed by atoms with Crippen LogP contribution in [0.15, 0.2) is 60.9 Å².